The van der Waals surface area contributed by atoms with E-state index in [-0.39, 0.29) is 5.91 Å². The molecule has 0 aliphatic carbocycles. The first kappa shape index (κ1) is 19.0. The Morgan fingerprint density at radius 3 is 2.11 bits per heavy atom. The molecular formula is C21H16Cl2N2O2. The molecule has 0 unspecified atom stereocenters. The van der Waals surface area contributed by atoms with Crippen LogP contribution in [0.4, 0.5) is 0 Å². The second-order valence-corrected chi connectivity index (χ2v) is 6.56. The van der Waals surface area contributed by atoms with E-state index in [1.807, 2.05) is 36.4 Å². The molecule has 0 radical (unpaired) electrons. The predicted molar refractivity (Wildman–Crippen MR) is 109 cm³/mol. The lowest BCUT2D eigenvalue weighted by molar-refractivity contribution is 0.0955. The summed E-state index contributed by atoms with van der Waals surface area (Å²) >= 11 is 11.7. The Labute approximate surface area is 167 Å². The normalized spacial score (nSPS) is 10.7. The van der Waals surface area contributed by atoms with Gasteiger partial charge in [-0.05, 0) is 59.7 Å². The van der Waals surface area contributed by atoms with Crippen LogP contribution in [-0.4, -0.2) is 12.1 Å². The second-order valence-electron chi connectivity index (χ2n) is 5.69. The number of hydrogen-bond acceptors (Lipinski definition) is 3. The molecule has 0 aliphatic heterocycles. The number of hydrogen-bond donors (Lipinski definition) is 1. The van der Waals surface area contributed by atoms with Crippen LogP contribution >= 0.6 is 23.2 Å². The summed E-state index contributed by atoms with van der Waals surface area (Å²) in [7, 11) is 0. The van der Waals surface area contributed by atoms with Gasteiger partial charge in [0.1, 0.15) is 12.4 Å². The summed E-state index contributed by atoms with van der Waals surface area (Å²) in [6, 6.07) is 21.4. The molecule has 3 aromatic rings. The fourth-order valence-corrected chi connectivity index (χ4v) is 2.48. The number of benzene rings is 3. The molecule has 0 fully saturated rings. The van der Waals surface area contributed by atoms with Crippen molar-refractivity contribution in [3.8, 4) is 5.75 Å². The number of nitrogens with one attached hydrogen (secondary N) is 1. The third-order valence-electron chi connectivity index (χ3n) is 3.68. The number of carbonyl (C=O) groups is 1. The average molecular weight is 399 g/mol. The average Bonchev–Trinajstić information content (AvgIpc) is 2.69. The second kappa shape index (κ2) is 9.21. The number of amides is 1. The molecule has 0 aliphatic rings. The third kappa shape index (κ3) is 5.84. The SMILES string of the molecule is O=C(N/N=C\c1ccc(Cl)cc1)c1ccc(OCc2ccc(Cl)cc2)cc1. The van der Waals surface area contributed by atoms with Crippen molar-refractivity contribution in [1.29, 1.82) is 0 Å². The van der Waals surface area contributed by atoms with Crippen LogP contribution in [0.1, 0.15) is 21.5 Å². The Bertz CT molecular complexity index is 922. The van der Waals surface area contributed by atoms with Crippen molar-refractivity contribution in [3.63, 3.8) is 0 Å². The van der Waals surface area contributed by atoms with E-state index >= 15 is 0 Å². The number of carbonyl (C=O) groups excluding carboxylic acids is 1. The maximum Gasteiger partial charge on any atom is 0.271 e. The van der Waals surface area contributed by atoms with Crippen molar-refractivity contribution in [3.05, 3.63) is 99.5 Å². The highest BCUT2D eigenvalue weighted by molar-refractivity contribution is 6.30. The summed E-state index contributed by atoms with van der Waals surface area (Å²) in [6.07, 6.45) is 1.55. The van der Waals surface area contributed by atoms with Crippen LogP contribution in [0.2, 0.25) is 10.0 Å². The zero-order chi connectivity index (χ0) is 19.1. The van der Waals surface area contributed by atoms with Gasteiger partial charge in [0, 0.05) is 15.6 Å². The standard InChI is InChI=1S/C21H16Cl2N2O2/c22-18-7-1-15(2-8-18)13-24-25-21(26)17-5-11-20(12-6-17)27-14-16-3-9-19(23)10-4-16/h1-13H,14H2,(H,25,26)/b24-13-. The quantitative estimate of drug-likeness (QED) is 0.450. The Morgan fingerprint density at radius 2 is 1.48 bits per heavy atom. The van der Waals surface area contributed by atoms with Crippen LogP contribution in [0.25, 0.3) is 0 Å². The van der Waals surface area contributed by atoms with E-state index in [0.29, 0.717) is 28.0 Å². The van der Waals surface area contributed by atoms with Gasteiger partial charge < -0.3 is 4.74 Å². The summed E-state index contributed by atoms with van der Waals surface area (Å²) in [4.78, 5) is 12.1. The molecule has 3 rings (SSSR count). The van der Waals surface area contributed by atoms with Crippen LogP contribution in [0, 0.1) is 0 Å². The van der Waals surface area contributed by atoms with E-state index in [0.717, 1.165) is 11.1 Å². The molecular weight excluding hydrogens is 383 g/mol. The van der Waals surface area contributed by atoms with E-state index in [9.17, 15) is 4.79 Å². The van der Waals surface area contributed by atoms with Crippen LogP contribution < -0.4 is 10.2 Å². The smallest absolute Gasteiger partial charge is 0.271 e. The van der Waals surface area contributed by atoms with Gasteiger partial charge in [-0.3, -0.25) is 4.79 Å². The minimum absolute atomic E-state index is 0.301. The highest BCUT2D eigenvalue weighted by Gasteiger charge is 2.04. The summed E-state index contributed by atoms with van der Waals surface area (Å²) < 4.78 is 5.70. The van der Waals surface area contributed by atoms with Gasteiger partial charge in [0.05, 0.1) is 6.21 Å². The number of nitrogens with zero attached hydrogens (tertiary/aromatic N) is 1. The van der Waals surface area contributed by atoms with Crippen molar-refractivity contribution in [2.24, 2.45) is 5.10 Å². The van der Waals surface area contributed by atoms with Gasteiger partial charge in [0.15, 0.2) is 0 Å². The van der Waals surface area contributed by atoms with Crippen molar-refractivity contribution in [1.82, 2.24) is 5.43 Å². The molecule has 1 N–H and O–H groups in total. The van der Waals surface area contributed by atoms with Crippen molar-refractivity contribution in [2.45, 2.75) is 6.61 Å². The lowest BCUT2D eigenvalue weighted by Gasteiger charge is -2.07. The Hall–Kier alpha value is -2.82. The fraction of sp³-hybridized carbons (Fsp3) is 0.0476. The van der Waals surface area contributed by atoms with Crippen molar-refractivity contribution in [2.75, 3.05) is 0 Å². The lowest BCUT2D eigenvalue weighted by Crippen LogP contribution is -2.17. The number of rotatable bonds is 6. The van der Waals surface area contributed by atoms with Gasteiger partial charge in [0.2, 0.25) is 0 Å². The highest BCUT2D eigenvalue weighted by atomic mass is 35.5. The summed E-state index contributed by atoms with van der Waals surface area (Å²) in [6.45, 7) is 0.425. The molecule has 1 amide bonds. The van der Waals surface area contributed by atoms with E-state index in [4.69, 9.17) is 27.9 Å². The molecule has 3 aromatic carbocycles. The van der Waals surface area contributed by atoms with Gasteiger partial charge in [-0.15, -0.1) is 0 Å². The zero-order valence-corrected chi connectivity index (χ0v) is 15.7. The maximum absolute atomic E-state index is 12.1. The van der Waals surface area contributed by atoms with Crippen molar-refractivity contribution >= 4 is 35.3 Å². The Morgan fingerprint density at radius 1 is 0.889 bits per heavy atom. The maximum atomic E-state index is 12.1. The van der Waals surface area contributed by atoms with Crippen molar-refractivity contribution < 1.29 is 9.53 Å². The topological polar surface area (TPSA) is 50.7 Å². The first-order valence-electron chi connectivity index (χ1n) is 8.16. The van der Waals surface area contributed by atoms with Gasteiger partial charge in [0.25, 0.3) is 5.91 Å². The van der Waals surface area contributed by atoms with Gasteiger partial charge in [-0.25, -0.2) is 5.43 Å². The van der Waals surface area contributed by atoms with Gasteiger partial charge in [-0.2, -0.15) is 5.10 Å². The largest absolute Gasteiger partial charge is 0.489 e. The molecule has 6 heteroatoms. The van der Waals surface area contributed by atoms with E-state index in [1.165, 1.54) is 0 Å². The van der Waals surface area contributed by atoms with Crippen LogP contribution in [0.3, 0.4) is 0 Å². The molecule has 4 nitrogen and oxygen atoms in total. The number of halogens is 2. The van der Waals surface area contributed by atoms with Gasteiger partial charge in [-0.1, -0.05) is 47.5 Å². The first-order chi connectivity index (χ1) is 13.1. The number of hydrazone groups is 1. The summed E-state index contributed by atoms with van der Waals surface area (Å²) in [5.74, 6) is 0.371. The molecule has 0 bridgehead atoms. The fourth-order valence-electron chi connectivity index (χ4n) is 2.23. The van der Waals surface area contributed by atoms with Gasteiger partial charge >= 0.3 is 0 Å². The minimum atomic E-state index is -0.301. The van der Waals surface area contributed by atoms with E-state index in [1.54, 1.807) is 42.6 Å². The molecule has 27 heavy (non-hydrogen) atoms. The van der Waals surface area contributed by atoms with Crippen LogP contribution in [0.15, 0.2) is 77.9 Å². The van der Waals surface area contributed by atoms with Crippen LogP contribution in [-0.2, 0) is 6.61 Å². The molecule has 0 atom stereocenters. The predicted octanol–water partition coefficient (Wildman–Crippen LogP) is 5.34. The van der Waals surface area contributed by atoms with Crippen LogP contribution in [0.5, 0.6) is 5.75 Å². The molecule has 0 spiro atoms. The zero-order valence-electron chi connectivity index (χ0n) is 14.2. The minimum Gasteiger partial charge on any atom is -0.489 e. The monoisotopic (exact) mass is 398 g/mol. The summed E-state index contributed by atoms with van der Waals surface area (Å²) in [5, 5.41) is 5.28. The summed E-state index contributed by atoms with van der Waals surface area (Å²) in [5.41, 5.74) is 4.83. The molecule has 0 aromatic heterocycles. The molecule has 0 saturated carbocycles. The Kier molecular flexibility index (Phi) is 6.47. The highest BCUT2D eigenvalue weighted by Crippen LogP contribution is 2.16. The molecule has 0 heterocycles. The lowest BCUT2D eigenvalue weighted by atomic mass is 10.2. The van der Waals surface area contributed by atoms with E-state index < -0.39 is 0 Å². The first-order valence-corrected chi connectivity index (χ1v) is 8.92. The number of ether oxygens (including phenoxy) is 1. The molecule has 0 saturated heterocycles. The Balaban J connectivity index is 1.52. The molecule has 136 valence electrons. The van der Waals surface area contributed by atoms with E-state index in [2.05, 4.69) is 10.5 Å². The third-order valence-corrected chi connectivity index (χ3v) is 4.19.